The van der Waals surface area contributed by atoms with Crippen molar-refractivity contribution in [2.45, 2.75) is 0 Å². The van der Waals surface area contributed by atoms with Crippen LogP contribution in [0.2, 0.25) is 10.0 Å². The van der Waals surface area contributed by atoms with Crippen molar-refractivity contribution in [2.24, 2.45) is 0 Å². The molecule has 0 bridgehead atoms. The molecule has 1 heterocycles. The Morgan fingerprint density at radius 1 is 0.957 bits per heavy atom. The maximum Gasteiger partial charge on any atom is 0.211 e. The van der Waals surface area contributed by atoms with Crippen LogP contribution in [-0.4, -0.2) is 14.2 Å². The summed E-state index contributed by atoms with van der Waals surface area (Å²) in [6.07, 6.45) is 0. The van der Waals surface area contributed by atoms with E-state index in [0.717, 1.165) is 0 Å². The fraction of sp³-hybridized carbons (Fsp3) is 0.118. The van der Waals surface area contributed by atoms with Gasteiger partial charge in [0.2, 0.25) is 5.43 Å². The Balaban J connectivity index is 2.26. The number of rotatable bonds is 3. The molecule has 0 aliphatic rings. The Hall–Kier alpha value is -2.17. The Bertz CT molecular complexity index is 947. The molecule has 0 atom stereocenters. The molecule has 0 radical (unpaired) electrons. The molecule has 118 valence electrons. The molecule has 0 spiro atoms. The first-order valence-electron chi connectivity index (χ1n) is 6.69. The molecule has 4 nitrogen and oxygen atoms in total. The van der Waals surface area contributed by atoms with Gasteiger partial charge in [0.05, 0.1) is 19.6 Å². The maximum atomic E-state index is 12.4. The smallest absolute Gasteiger partial charge is 0.211 e. The van der Waals surface area contributed by atoms with Crippen LogP contribution in [0.25, 0.3) is 22.3 Å². The van der Waals surface area contributed by atoms with E-state index >= 15 is 0 Å². The van der Waals surface area contributed by atoms with Crippen LogP contribution in [0.1, 0.15) is 0 Å². The van der Waals surface area contributed by atoms with E-state index in [-0.39, 0.29) is 16.2 Å². The Morgan fingerprint density at radius 2 is 1.70 bits per heavy atom. The van der Waals surface area contributed by atoms with Crippen molar-refractivity contribution in [2.75, 3.05) is 14.2 Å². The highest BCUT2D eigenvalue weighted by Gasteiger charge is 2.16. The quantitative estimate of drug-likeness (QED) is 0.681. The summed E-state index contributed by atoms with van der Waals surface area (Å²) in [5, 5.41) is 0.776. The van der Waals surface area contributed by atoms with E-state index in [1.165, 1.54) is 13.2 Å². The van der Waals surface area contributed by atoms with Gasteiger partial charge in [0.1, 0.15) is 10.6 Å². The van der Waals surface area contributed by atoms with Crippen LogP contribution in [0.15, 0.2) is 45.6 Å². The van der Waals surface area contributed by atoms with E-state index < -0.39 is 0 Å². The van der Waals surface area contributed by atoms with E-state index in [1.807, 2.05) is 0 Å². The van der Waals surface area contributed by atoms with Gasteiger partial charge in [-0.1, -0.05) is 23.2 Å². The molecule has 0 aliphatic heterocycles. The SMILES string of the molecule is COc1ccc(-c2oc3ccc(Cl)cc3c(=O)c2Cl)cc1OC. The summed E-state index contributed by atoms with van der Waals surface area (Å²) in [4.78, 5) is 12.4. The van der Waals surface area contributed by atoms with E-state index in [0.29, 0.717) is 33.1 Å². The monoisotopic (exact) mass is 350 g/mol. The van der Waals surface area contributed by atoms with Crippen LogP contribution < -0.4 is 14.9 Å². The van der Waals surface area contributed by atoms with Gasteiger partial charge in [-0.2, -0.15) is 0 Å². The molecule has 0 fully saturated rings. The number of fused-ring (bicyclic) bond motifs is 1. The zero-order valence-corrected chi connectivity index (χ0v) is 13.9. The van der Waals surface area contributed by atoms with Gasteiger partial charge in [-0.15, -0.1) is 0 Å². The standard InChI is InChI=1S/C17H12Cl2O4/c1-21-13-5-3-9(7-14(13)22-2)17-15(19)16(20)11-8-10(18)4-6-12(11)23-17/h3-8H,1-2H3. The van der Waals surface area contributed by atoms with Crippen molar-refractivity contribution < 1.29 is 13.9 Å². The minimum atomic E-state index is -0.333. The highest BCUT2D eigenvalue weighted by Crippen LogP contribution is 2.35. The van der Waals surface area contributed by atoms with Crippen LogP contribution in [-0.2, 0) is 0 Å². The van der Waals surface area contributed by atoms with Gasteiger partial charge in [0.25, 0.3) is 0 Å². The Morgan fingerprint density at radius 3 is 2.39 bits per heavy atom. The maximum absolute atomic E-state index is 12.4. The van der Waals surface area contributed by atoms with E-state index in [1.54, 1.807) is 37.4 Å². The van der Waals surface area contributed by atoms with Gasteiger partial charge in [0, 0.05) is 10.6 Å². The number of benzene rings is 2. The van der Waals surface area contributed by atoms with E-state index in [9.17, 15) is 4.79 Å². The second kappa shape index (κ2) is 6.14. The molecule has 0 amide bonds. The Kier molecular flexibility index (Phi) is 4.20. The third-order valence-electron chi connectivity index (χ3n) is 3.44. The first-order valence-corrected chi connectivity index (χ1v) is 7.45. The van der Waals surface area contributed by atoms with Crippen LogP contribution in [0.3, 0.4) is 0 Å². The van der Waals surface area contributed by atoms with Gasteiger partial charge < -0.3 is 13.9 Å². The van der Waals surface area contributed by atoms with E-state index in [2.05, 4.69) is 0 Å². The lowest BCUT2D eigenvalue weighted by Gasteiger charge is -2.10. The average Bonchev–Trinajstić information content (AvgIpc) is 2.58. The number of methoxy groups -OCH3 is 2. The summed E-state index contributed by atoms with van der Waals surface area (Å²) in [5.74, 6) is 1.36. The number of hydrogen-bond acceptors (Lipinski definition) is 4. The van der Waals surface area contributed by atoms with Crippen LogP contribution in [0.4, 0.5) is 0 Å². The van der Waals surface area contributed by atoms with Gasteiger partial charge in [-0.25, -0.2) is 0 Å². The molecule has 3 rings (SSSR count). The first-order chi connectivity index (χ1) is 11.0. The third-order valence-corrected chi connectivity index (χ3v) is 4.02. The summed E-state index contributed by atoms with van der Waals surface area (Å²) in [6.45, 7) is 0. The zero-order valence-electron chi connectivity index (χ0n) is 12.4. The molecule has 0 saturated heterocycles. The van der Waals surface area contributed by atoms with Gasteiger partial charge in [0.15, 0.2) is 17.3 Å². The molecule has 0 saturated carbocycles. The highest BCUT2D eigenvalue weighted by molar-refractivity contribution is 6.34. The first kappa shape index (κ1) is 15.7. The third kappa shape index (κ3) is 2.76. The largest absolute Gasteiger partial charge is 0.493 e. The lowest BCUT2D eigenvalue weighted by atomic mass is 10.1. The fourth-order valence-corrected chi connectivity index (χ4v) is 2.73. The van der Waals surface area contributed by atoms with Crippen molar-refractivity contribution in [3.05, 3.63) is 56.7 Å². The molecular formula is C17H12Cl2O4. The molecule has 3 aromatic rings. The van der Waals surface area contributed by atoms with Crippen molar-refractivity contribution in [3.63, 3.8) is 0 Å². The topological polar surface area (TPSA) is 48.7 Å². The average molecular weight is 351 g/mol. The predicted octanol–water partition coefficient (Wildman–Crippen LogP) is 4.78. The summed E-state index contributed by atoms with van der Waals surface area (Å²) >= 11 is 12.1. The molecule has 0 unspecified atom stereocenters. The minimum Gasteiger partial charge on any atom is -0.493 e. The number of hydrogen-bond donors (Lipinski definition) is 0. The second-order valence-electron chi connectivity index (χ2n) is 4.78. The Labute approximate surface area is 142 Å². The number of ether oxygens (including phenoxy) is 2. The lowest BCUT2D eigenvalue weighted by Crippen LogP contribution is -2.04. The van der Waals surface area contributed by atoms with Crippen molar-refractivity contribution in [1.29, 1.82) is 0 Å². The molecule has 0 aliphatic carbocycles. The number of halogens is 2. The van der Waals surface area contributed by atoms with Gasteiger partial charge in [-0.3, -0.25) is 4.79 Å². The normalized spacial score (nSPS) is 10.8. The molecule has 0 N–H and O–H groups in total. The summed E-state index contributed by atoms with van der Waals surface area (Å²) in [7, 11) is 3.08. The zero-order chi connectivity index (χ0) is 16.6. The molecule has 23 heavy (non-hydrogen) atoms. The van der Waals surface area contributed by atoms with Crippen molar-refractivity contribution in [1.82, 2.24) is 0 Å². The van der Waals surface area contributed by atoms with Gasteiger partial charge >= 0.3 is 0 Å². The van der Waals surface area contributed by atoms with E-state index in [4.69, 9.17) is 37.1 Å². The van der Waals surface area contributed by atoms with Crippen molar-refractivity contribution in [3.8, 4) is 22.8 Å². The second-order valence-corrected chi connectivity index (χ2v) is 5.60. The van der Waals surface area contributed by atoms with Crippen LogP contribution in [0, 0.1) is 0 Å². The molecule has 2 aromatic carbocycles. The summed E-state index contributed by atoms with van der Waals surface area (Å²) in [6, 6.07) is 9.99. The summed E-state index contributed by atoms with van der Waals surface area (Å²) in [5.41, 5.74) is 0.690. The highest BCUT2D eigenvalue weighted by atomic mass is 35.5. The van der Waals surface area contributed by atoms with Crippen LogP contribution >= 0.6 is 23.2 Å². The predicted molar refractivity (Wildman–Crippen MR) is 91.0 cm³/mol. The minimum absolute atomic E-state index is 0.00742. The van der Waals surface area contributed by atoms with Gasteiger partial charge in [-0.05, 0) is 36.4 Å². The van der Waals surface area contributed by atoms with Crippen LogP contribution in [0.5, 0.6) is 11.5 Å². The lowest BCUT2D eigenvalue weighted by molar-refractivity contribution is 0.355. The fourth-order valence-electron chi connectivity index (χ4n) is 2.31. The van der Waals surface area contributed by atoms with Crippen molar-refractivity contribution >= 4 is 34.2 Å². The molecular weight excluding hydrogens is 339 g/mol. The molecule has 1 aromatic heterocycles. The summed E-state index contributed by atoms with van der Waals surface area (Å²) < 4.78 is 16.3. The molecule has 6 heteroatoms.